The Morgan fingerprint density at radius 2 is 2.24 bits per heavy atom. The van der Waals surface area contributed by atoms with E-state index in [1.54, 1.807) is 29.3 Å². The predicted molar refractivity (Wildman–Crippen MR) is 94.7 cm³/mol. The van der Waals surface area contributed by atoms with Crippen molar-refractivity contribution < 1.29 is 9.59 Å². The van der Waals surface area contributed by atoms with Crippen molar-refractivity contribution in [2.75, 3.05) is 19.6 Å². The number of nitrogens with one attached hydrogen (secondary N) is 1. The molecule has 2 unspecified atom stereocenters. The van der Waals surface area contributed by atoms with Gasteiger partial charge in [-0.05, 0) is 36.8 Å². The van der Waals surface area contributed by atoms with Gasteiger partial charge in [-0.15, -0.1) is 0 Å². The summed E-state index contributed by atoms with van der Waals surface area (Å²) in [5.74, 6) is -0.437. The molecule has 1 aliphatic rings. The number of likely N-dealkylation sites (tertiary alicyclic amines) is 1. The van der Waals surface area contributed by atoms with E-state index in [1.165, 1.54) is 0 Å². The summed E-state index contributed by atoms with van der Waals surface area (Å²) >= 11 is 0. The Labute approximate surface area is 149 Å². The molecule has 0 aliphatic carbocycles. The molecule has 1 N–H and O–H groups in total. The Bertz CT molecular complexity index is 624. The summed E-state index contributed by atoms with van der Waals surface area (Å²) in [5, 5.41) is 12.3. The lowest BCUT2D eigenvalue weighted by molar-refractivity contribution is -0.120. The molecule has 0 bridgehead atoms. The van der Waals surface area contributed by atoms with Gasteiger partial charge in [0, 0.05) is 32.3 Å². The fraction of sp³-hybridized carbons (Fsp3) is 0.579. The minimum Gasteiger partial charge on any atom is -0.338 e. The Morgan fingerprint density at radius 3 is 2.88 bits per heavy atom. The minimum absolute atomic E-state index is 0.0626. The second kappa shape index (κ2) is 9.16. The Hall–Kier alpha value is -2.42. The molecular weight excluding hydrogens is 316 g/mol. The second-order valence-corrected chi connectivity index (χ2v) is 7.02. The molecule has 2 rings (SSSR count). The molecule has 1 aliphatic heterocycles. The van der Waals surface area contributed by atoms with Crippen LogP contribution in [0.25, 0.3) is 0 Å². The number of hydrogen-bond donors (Lipinski definition) is 1. The number of piperidine rings is 1. The van der Waals surface area contributed by atoms with Crippen LogP contribution < -0.4 is 5.32 Å². The van der Waals surface area contributed by atoms with Gasteiger partial charge in [0.1, 0.15) is 5.92 Å². The van der Waals surface area contributed by atoms with Crippen LogP contribution in [0.5, 0.6) is 0 Å². The zero-order valence-corrected chi connectivity index (χ0v) is 14.9. The lowest BCUT2D eigenvalue weighted by Crippen LogP contribution is -2.46. The Balaban J connectivity index is 1.92. The van der Waals surface area contributed by atoms with Gasteiger partial charge in [-0.3, -0.25) is 9.78 Å². The highest BCUT2D eigenvalue weighted by Crippen LogP contribution is 2.24. The SMILES string of the molecule is CC(C)CNC(=O)N1CCCC(CC(=O)C(C#N)c2ccccn2)C1. The molecule has 2 atom stereocenters. The lowest BCUT2D eigenvalue weighted by Gasteiger charge is -2.33. The molecule has 0 aromatic carbocycles. The van der Waals surface area contributed by atoms with Crippen LogP contribution in [0.15, 0.2) is 24.4 Å². The zero-order chi connectivity index (χ0) is 18.2. The van der Waals surface area contributed by atoms with E-state index in [0.29, 0.717) is 31.1 Å². The summed E-state index contributed by atoms with van der Waals surface area (Å²) in [5.41, 5.74) is 0.498. The lowest BCUT2D eigenvalue weighted by atomic mass is 9.88. The number of aromatic nitrogens is 1. The van der Waals surface area contributed by atoms with Crippen LogP contribution in [0, 0.1) is 23.2 Å². The van der Waals surface area contributed by atoms with Crippen molar-refractivity contribution in [1.29, 1.82) is 5.26 Å². The zero-order valence-electron chi connectivity index (χ0n) is 14.9. The van der Waals surface area contributed by atoms with Crippen molar-refractivity contribution >= 4 is 11.8 Å². The van der Waals surface area contributed by atoms with Crippen LogP contribution >= 0.6 is 0 Å². The van der Waals surface area contributed by atoms with E-state index in [4.69, 9.17) is 0 Å². The fourth-order valence-electron chi connectivity index (χ4n) is 3.07. The molecule has 25 heavy (non-hydrogen) atoms. The van der Waals surface area contributed by atoms with E-state index in [9.17, 15) is 14.9 Å². The molecule has 2 amide bonds. The molecule has 134 valence electrons. The smallest absolute Gasteiger partial charge is 0.317 e. The van der Waals surface area contributed by atoms with Gasteiger partial charge >= 0.3 is 6.03 Å². The van der Waals surface area contributed by atoms with Crippen molar-refractivity contribution in [3.8, 4) is 6.07 Å². The number of carbonyl (C=O) groups is 2. The third kappa shape index (κ3) is 5.56. The molecule has 1 aromatic heterocycles. The van der Waals surface area contributed by atoms with Gasteiger partial charge in [0.2, 0.25) is 0 Å². The molecule has 0 spiro atoms. The van der Waals surface area contributed by atoms with E-state index in [1.807, 2.05) is 0 Å². The van der Waals surface area contributed by atoms with Crippen LogP contribution in [0.4, 0.5) is 4.79 Å². The number of urea groups is 1. The van der Waals surface area contributed by atoms with Crippen LogP contribution in [0.2, 0.25) is 0 Å². The van der Waals surface area contributed by atoms with Crippen LogP contribution in [-0.4, -0.2) is 41.3 Å². The van der Waals surface area contributed by atoms with Gasteiger partial charge in [0.15, 0.2) is 5.78 Å². The first kappa shape index (κ1) is 18.9. The summed E-state index contributed by atoms with van der Waals surface area (Å²) in [7, 11) is 0. The van der Waals surface area contributed by atoms with Gasteiger partial charge in [0.05, 0.1) is 11.8 Å². The number of amides is 2. The van der Waals surface area contributed by atoms with Crippen LogP contribution in [0.3, 0.4) is 0 Å². The van der Waals surface area contributed by atoms with Crippen LogP contribution in [0.1, 0.15) is 44.7 Å². The number of nitrogens with zero attached hydrogens (tertiary/aromatic N) is 3. The third-order valence-corrected chi connectivity index (χ3v) is 4.39. The monoisotopic (exact) mass is 342 g/mol. The third-order valence-electron chi connectivity index (χ3n) is 4.39. The number of carbonyl (C=O) groups excluding carboxylic acids is 2. The largest absolute Gasteiger partial charge is 0.338 e. The number of rotatable bonds is 6. The number of hydrogen-bond acceptors (Lipinski definition) is 4. The minimum atomic E-state index is -0.827. The van der Waals surface area contributed by atoms with Gasteiger partial charge in [-0.1, -0.05) is 19.9 Å². The number of Topliss-reactive ketones (excluding diaryl/α,β-unsaturated/α-hetero) is 1. The molecule has 6 nitrogen and oxygen atoms in total. The number of nitriles is 1. The highest BCUT2D eigenvalue weighted by molar-refractivity contribution is 5.88. The number of pyridine rings is 1. The maximum atomic E-state index is 12.6. The molecular formula is C19H26N4O2. The van der Waals surface area contributed by atoms with Crippen molar-refractivity contribution in [2.45, 2.75) is 39.0 Å². The quantitative estimate of drug-likeness (QED) is 0.861. The molecule has 0 saturated carbocycles. The number of ketones is 1. The van der Waals surface area contributed by atoms with E-state index >= 15 is 0 Å². The highest BCUT2D eigenvalue weighted by Gasteiger charge is 2.29. The standard InChI is InChI=1S/C19H26N4O2/c1-14(2)12-22-19(25)23-9-5-6-15(13-23)10-18(24)16(11-20)17-7-3-4-8-21-17/h3-4,7-8,14-16H,5-6,9-10,12-13H2,1-2H3,(H,22,25). The molecule has 1 saturated heterocycles. The second-order valence-electron chi connectivity index (χ2n) is 7.02. The molecule has 0 radical (unpaired) electrons. The summed E-state index contributed by atoms with van der Waals surface area (Å²) in [6.45, 7) is 6.04. The molecule has 2 heterocycles. The van der Waals surface area contributed by atoms with Crippen molar-refractivity contribution in [1.82, 2.24) is 15.2 Å². The predicted octanol–water partition coefficient (Wildman–Crippen LogP) is 2.73. The summed E-state index contributed by atoms with van der Waals surface area (Å²) in [4.78, 5) is 30.7. The van der Waals surface area contributed by atoms with Crippen LogP contribution in [-0.2, 0) is 4.79 Å². The first-order valence-electron chi connectivity index (χ1n) is 8.87. The normalized spacial score (nSPS) is 18.5. The molecule has 6 heteroatoms. The van der Waals surface area contributed by atoms with E-state index in [-0.39, 0.29) is 17.7 Å². The Kier molecular flexibility index (Phi) is 6.93. The van der Waals surface area contributed by atoms with Crippen molar-refractivity contribution in [2.24, 2.45) is 11.8 Å². The summed E-state index contributed by atoms with van der Waals surface area (Å²) < 4.78 is 0. The first-order chi connectivity index (χ1) is 12.0. The highest BCUT2D eigenvalue weighted by atomic mass is 16.2. The maximum Gasteiger partial charge on any atom is 0.317 e. The van der Waals surface area contributed by atoms with Gasteiger partial charge in [0.25, 0.3) is 0 Å². The summed E-state index contributed by atoms with van der Waals surface area (Å²) in [6, 6.07) is 7.25. The van der Waals surface area contributed by atoms with E-state index in [0.717, 1.165) is 19.4 Å². The maximum absolute atomic E-state index is 12.6. The molecule has 1 aromatic rings. The average molecular weight is 342 g/mol. The van der Waals surface area contributed by atoms with E-state index in [2.05, 4.69) is 30.2 Å². The Morgan fingerprint density at radius 1 is 1.44 bits per heavy atom. The van der Waals surface area contributed by atoms with E-state index < -0.39 is 5.92 Å². The first-order valence-corrected chi connectivity index (χ1v) is 8.87. The molecule has 1 fully saturated rings. The topological polar surface area (TPSA) is 86.1 Å². The fourth-order valence-corrected chi connectivity index (χ4v) is 3.07. The van der Waals surface area contributed by atoms with Crippen molar-refractivity contribution in [3.63, 3.8) is 0 Å². The summed E-state index contributed by atoms with van der Waals surface area (Å²) in [6.07, 6.45) is 3.69. The van der Waals surface area contributed by atoms with Crippen molar-refractivity contribution in [3.05, 3.63) is 30.1 Å². The van der Waals surface area contributed by atoms with Gasteiger partial charge < -0.3 is 10.2 Å². The van der Waals surface area contributed by atoms with Gasteiger partial charge in [-0.2, -0.15) is 5.26 Å². The average Bonchev–Trinajstić information content (AvgIpc) is 2.61. The van der Waals surface area contributed by atoms with Gasteiger partial charge in [-0.25, -0.2) is 4.79 Å².